The topological polar surface area (TPSA) is 20.3 Å². The Bertz CT molecular complexity index is 568. The summed E-state index contributed by atoms with van der Waals surface area (Å²) in [6, 6.07) is 17.4. The number of Topliss-reactive ketones (excluding diaryl/α,β-unsaturated/α-hetero) is 1. The normalized spacial score (nSPS) is 10.8. The lowest BCUT2D eigenvalue weighted by Crippen LogP contribution is -2.21. The number of halogens is 1. The van der Waals surface area contributed by atoms with Crippen molar-refractivity contribution in [1.82, 2.24) is 4.90 Å². The van der Waals surface area contributed by atoms with E-state index in [1.165, 1.54) is 5.56 Å². The summed E-state index contributed by atoms with van der Waals surface area (Å²) in [5.41, 5.74) is 1.94. The smallest absolute Gasteiger partial charge is 0.164 e. The van der Waals surface area contributed by atoms with Gasteiger partial charge in [-0.2, -0.15) is 0 Å². The van der Waals surface area contributed by atoms with E-state index in [9.17, 15) is 4.79 Å². The standard InChI is InChI=1S/C17H18ClNO/c1-19(13-14-6-3-2-4-7-14)11-10-17(20)15-8-5-9-16(18)12-15/h2-9,12H,10-11,13H2,1H3. The lowest BCUT2D eigenvalue weighted by molar-refractivity contribution is 0.0968. The minimum atomic E-state index is 0.132. The minimum absolute atomic E-state index is 0.132. The van der Waals surface area contributed by atoms with Crippen molar-refractivity contribution in [2.75, 3.05) is 13.6 Å². The molecule has 0 amide bonds. The van der Waals surface area contributed by atoms with Crippen LogP contribution in [0.2, 0.25) is 5.02 Å². The van der Waals surface area contributed by atoms with Crippen LogP contribution in [0.15, 0.2) is 54.6 Å². The van der Waals surface area contributed by atoms with Gasteiger partial charge in [-0.25, -0.2) is 0 Å². The first-order chi connectivity index (χ1) is 9.65. The van der Waals surface area contributed by atoms with Crippen LogP contribution in [-0.4, -0.2) is 24.3 Å². The van der Waals surface area contributed by atoms with E-state index in [-0.39, 0.29) is 5.78 Å². The van der Waals surface area contributed by atoms with Crippen molar-refractivity contribution in [1.29, 1.82) is 0 Å². The van der Waals surface area contributed by atoms with Crippen molar-refractivity contribution in [2.24, 2.45) is 0 Å². The molecule has 0 N–H and O–H groups in total. The number of carbonyl (C=O) groups excluding carboxylic acids is 1. The van der Waals surface area contributed by atoms with E-state index < -0.39 is 0 Å². The number of carbonyl (C=O) groups is 1. The molecule has 0 radical (unpaired) electrons. The molecule has 20 heavy (non-hydrogen) atoms. The zero-order chi connectivity index (χ0) is 14.4. The van der Waals surface area contributed by atoms with Gasteiger partial charge in [-0.1, -0.05) is 54.1 Å². The van der Waals surface area contributed by atoms with E-state index in [4.69, 9.17) is 11.6 Å². The number of nitrogens with zero attached hydrogens (tertiary/aromatic N) is 1. The van der Waals surface area contributed by atoms with Crippen molar-refractivity contribution in [3.8, 4) is 0 Å². The molecule has 2 rings (SSSR count). The highest BCUT2D eigenvalue weighted by Crippen LogP contribution is 2.12. The van der Waals surface area contributed by atoms with Crippen molar-refractivity contribution < 1.29 is 4.79 Å². The Morgan fingerprint density at radius 1 is 1.10 bits per heavy atom. The van der Waals surface area contributed by atoms with Crippen molar-refractivity contribution in [2.45, 2.75) is 13.0 Å². The predicted octanol–water partition coefficient (Wildman–Crippen LogP) is 4.04. The van der Waals surface area contributed by atoms with E-state index in [0.717, 1.165) is 13.1 Å². The molecular formula is C17H18ClNO. The molecule has 0 aromatic heterocycles. The van der Waals surface area contributed by atoms with Crippen LogP contribution in [0.3, 0.4) is 0 Å². The highest BCUT2D eigenvalue weighted by atomic mass is 35.5. The molecule has 0 bridgehead atoms. The van der Waals surface area contributed by atoms with E-state index >= 15 is 0 Å². The summed E-state index contributed by atoms with van der Waals surface area (Å²) in [5.74, 6) is 0.132. The second-order valence-electron chi connectivity index (χ2n) is 4.91. The average Bonchev–Trinajstić information content (AvgIpc) is 2.46. The zero-order valence-corrected chi connectivity index (χ0v) is 12.3. The molecule has 2 nitrogen and oxygen atoms in total. The third-order valence-electron chi connectivity index (χ3n) is 3.16. The average molecular weight is 288 g/mol. The van der Waals surface area contributed by atoms with Gasteiger partial charge in [0, 0.05) is 30.1 Å². The van der Waals surface area contributed by atoms with E-state index in [2.05, 4.69) is 17.0 Å². The summed E-state index contributed by atoms with van der Waals surface area (Å²) in [7, 11) is 2.03. The first-order valence-electron chi connectivity index (χ1n) is 6.66. The summed E-state index contributed by atoms with van der Waals surface area (Å²) >= 11 is 5.90. The lowest BCUT2D eigenvalue weighted by atomic mass is 10.1. The van der Waals surface area contributed by atoms with Crippen LogP contribution in [0.25, 0.3) is 0 Å². The molecule has 0 aliphatic rings. The second-order valence-corrected chi connectivity index (χ2v) is 5.34. The van der Waals surface area contributed by atoms with Crippen molar-refractivity contribution in [3.63, 3.8) is 0 Å². The molecule has 104 valence electrons. The molecule has 0 aliphatic carbocycles. The summed E-state index contributed by atoms with van der Waals surface area (Å²) in [4.78, 5) is 14.2. The predicted molar refractivity (Wildman–Crippen MR) is 83.2 cm³/mol. The van der Waals surface area contributed by atoms with Crippen molar-refractivity contribution in [3.05, 3.63) is 70.7 Å². The Morgan fingerprint density at radius 3 is 2.55 bits per heavy atom. The molecule has 0 fully saturated rings. The minimum Gasteiger partial charge on any atom is -0.302 e. The Kier molecular flexibility index (Phi) is 5.33. The van der Waals surface area contributed by atoms with Gasteiger partial charge < -0.3 is 4.90 Å². The fourth-order valence-electron chi connectivity index (χ4n) is 2.07. The molecule has 0 aliphatic heterocycles. The van der Waals surface area contributed by atoms with Crippen LogP contribution in [0.4, 0.5) is 0 Å². The lowest BCUT2D eigenvalue weighted by Gasteiger charge is -2.16. The Hall–Kier alpha value is -1.64. The summed E-state index contributed by atoms with van der Waals surface area (Å²) in [6.45, 7) is 1.59. The third-order valence-corrected chi connectivity index (χ3v) is 3.40. The Morgan fingerprint density at radius 2 is 1.85 bits per heavy atom. The molecule has 0 unspecified atom stereocenters. The fourth-order valence-corrected chi connectivity index (χ4v) is 2.26. The molecule has 0 spiro atoms. The van der Waals surface area contributed by atoms with Gasteiger partial charge in [0.15, 0.2) is 5.78 Å². The van der Waals surface area contributed by atoms with Gasteiger partial charge in [-0.3, -0.25) is 4.79 Å². The van der Waals surface area contributed by atoms with E-state index in [1.54, 1.807) is 12.1 Å². The Labute approximate surface area is 125 Å². The Balaban J connectivity index is 1.84. The summed E-state index contributed by atoms with van der Waals surface area (Å²) < 4.78 is 0. The van der Waals surface area contributed by atoms with E-state index in [0.29, 0.717) is 17.0 Å². The third kappa shape index (κ3) is 4.48. The maximum absolute atomic E-state index is 12.1. The van der Waals surface area contributed by atoms with Crippen LogP contribution in [0, 0.1) is 0 Å². The molecule has 2 aromatic rings. The molecule has 2 aromatic carbocycles. The van der Waals surface area contributed by atoms with Crippen LogP contribution in [-0.2, 0) is 6.54 Å². The number of hydrogen-bond acceptors (Lipinski definition) is 2. The molecule has 0 saturated heterocycles. The number of hydrogen-bond donors (Lipinski definition) is 0. The fraction of sp³-hybridized carbons (Fsp3) is 0.235. The quantitative estimate of drug-likeness (QED) is 0.747. The van der Waals surface area contributed by atoms with E-state index in [1.807, 2.05) is 37.4 Å². The zero-order valence-electron chi connectivity index (χ0n) is 11.6. The van der Waals surface area contributed by atoms with Crippen LogP contribution in [0.5, 0.6) is 0 Å². The SMILES string of the molecule is CN(CCC(=O)c1cccc(Cl)c1)Cc1ccccc1. The van der Waals surface area contributed by atoms with Crippen LogP contribution >= 0.6 is 11.6 Å². The molecule has 0 heterocycles. The number of benzene rings is 2. The molecular weight excluding hydrogens is 270 g/mol. The van der Waals surface area contributed by atoms with Crippen molar-refractivity contribution >= 4 is 17.4 Å². The maximum Gasteiger partial charge on any atom is 0.164 e. The number of ketones is 1. The van der Waals surface area contributed by atoms with Gasteiger partial charge in [0.25, 0.3) is 0 Å². The van der Waals surface area contributed by atoms with Crippen LogP contribution < -0.4 is 0 Å². The van der Waals surface area contributed by atoms with Gasteiger partial charge in [-0.05, 0) is 24.7 Å². The number of rotatable bonds is 6. The first kappa shape index (κ1) is 14.8. The van der Waals surface area contributed by atoms with Gasteiger partial charge in [0.05, 0.1) is 0 Å². The summed E-state index contributed by atoms with van der Waals surface area (Å²) in [5, 5.41) is 0.605. The second kappa shape index (κ2) is 7.22. The largest absolute Gasteiger partial charge is 0.302 e. The summed E-state index contributed by atoms with van der Waals surface area (Å²) in [6.07, 6.45) is 0.504. The first-order valence-corrected chi connectivity index (χ1v) is 7.04. The molecule has 0 saturated carbocycles. The maximum atomic E-state index is 12.1. The molecule has 3 heteroatoms. The monoisotopic (exact) mass is 287 g/mol. The molecule has 0 atom stereocenters. The highest BCUT2D eigenvalue weighted by molar-refractivity contribution is 6.31. The van der Waals surface area contributed by atoms with Gasteiger partial charge in [0.2, 0.25) is 0 Å². The van der Waals surface area contributed by atoms with Crippen LogP contribution in [0.1, 0.15) is 22.3 Å². The van der Waals surface area contributed by atoms with Gasteiger partial charge in [0.1, 0.15) is 0 Å². The van der Waals surface area contributed by atoms with Gasteiger partial charge in [-0.15, -0.1) is 0 Å². The highest BCUT2D eigenvalue weighted by Gasteiger charge is 2.08. The van der Waals surface area contributed by atoms with Gasteiger partial charge >= 0.3 is 0 Å².